The van der Waals surface area contributed by atoms with E-state index in [0.717, 1.165) is 0 Å². The third-order valence-electron chi connectivity index (χ3n) is 3.15. The Labute approximate surface area is 111 Å². The summed E-state index contributed by atoms with van der Waals surface area (Å²) in [5.74, 6) is -0.501. The maximum atomic E-state index is 12.2. The molecule has 0 saturated heterocycles. The number of methoxy groups -OCH3 is 1. The average molecular weight is 285 g/mol. The van der Waals surface area contributed by atoms with Crippen molar-refractivity contribution < 1.29 is 23.1 Å². The van der Waals surface area contributed by atoms with Gasteiger partial charge in [-0.3, -0.25) is 4.79 Å². The molecule has 1 atom stereocenters. The molecule has 6 nitrogen and oxygen atoms in total. The highest BCUT2D eigenvalue weighted by atomic mass is 32.2. The number of hydrogen-bond donors (Lipinski definition) is 1. The van der Waals surface area contributed by atoms with Crippen molar-refractivity contribution in [1.29, 1.82) is 0 Å². The fourth-order valence-corrected chi connectivity index (χ4v) is 3.70. The molecular weight excluding hydrogens is 270 g/mol. The highest BCUT2D eigenvalue weighted by Crippen LogP contribution is 2.36. The number of fused-ring (bicyclic) bond motifs is 1. The minimum absolute atomic E-state index is 0.160. The Hall–Kier alpha value is -1.76. The van der Waals surface area contributed by atoms with Gasteiger partial charge in [0.15, 0.2) is 9.84 Å². The Balaban J connectivity index is 2.57. The van der Waals surface area contributed by atoms with Gasteiger partial charge in [-0.15, -0.1) is 0 Å². The summed E-state index contributed by atoms with van der Waals surface area (Å²) in [6.45, 7) is 1.51. The Morgan fingerprint density at radius 3 is 2.79 bits per heavy atom. The number of anilines is 1. The average Bonchev–Trinajstić information content (AvgIpc) is 2.35. The second-order valence-electron chi connectivity index (χ2n) is 4.46. The number of carbonyl (C=O) groups is 1. The molecule has 1 aromatic carbocycles. The maximum absolute atomic E-state index is 12.2. The summed E-state index contributed by atoms with van der Waals surface area (Å²) >= 11 is 0. The van der Waals surface area contributed by atoms with Gasteiger partial charge in [-0.1, -0.05) is 0 Å². The van der Waals surface area contributed by atoms with E-state index in [1.165, 1.54) is 13.2 Å². The second-order valence-corrected chi connectivity index (χ2v) is 6.80. The van der Waals surface area contributed by atoms with Crippen molar-refractivity contribution in [3.05, 3.63) is 18.2 Å². The molecule has 1 aromatic rings. The Morgan fingerprint density at radius 2 is 2.21 bits per heavy atom. The summed E-state index contributed by atoms with van der Waals surface area (Å²) in [5.41, 5.74) is 0.389. The molecule has 19 heavy (non-hydrogen) atoms. The fraction of sp³-hybridized carbons (Fsp3) is 0.417. The quantitative estimate of drug-likeness (QED) is 0.882. The van der Waals surface area contributed by atoms with Gasteiger partial charge in [-0.25, -0.2) is 8.42 Å². The summed E-state index contributed by atoms with van der Waals surface area (Å²) in [7, 11) is -1.93. The molecule has 0 radical (unpaired) electrons. The predicted octanol–water partition coefficient (Wildman–Crippen LogP) is 0.762. The molecule has 0 spiro atoms. The van der Waals surface area contributed by atoms with Gasteiger partial charge in [0.05, 0.1) is 22.9 Å². The summed E-state index contributed by atoms with van der Waals surface area (Å²) in [6.07, 6.45) is 0. The van der Waals surface area contributed by atoms with Crippen molar-refractivity contribution in [2.24, 2.45) is 0 Å². The van der Waals surface area contributed by atoms with Crippen LogP contribution >= 0.6 is 0 Å². The molecule has 1 unspecified atom stereocenters. The largest absolute Gasteiger partial charge is 0.497 e. The second kappa shape index (κ2) is 4.73. The molecule has 1 heterocycles. The SMILES string of the molecule is COc1ccc2c(c1)N(CC(=O)O)CC(C)S2(=O)=O. The lowest BCUT2D eigenvalue weighted by Crippen LogP contribution is -2.43. The van der Waals surface area contributed by atoms with Gasteiger partial charge in [0, 0.05) is 12.6 Å². The first-order valence-corrected chi connectivity index (χ1v) is 7.29. The van der Waals surface area contributed by atoms with Crippen molar-refractivity contribution in [2.75, 3.05) is 25.1 Å². The molecule has 1 aliphatic rings. The Kier molecular flexibility index (Phi) is 3.40. The highest BCUT2D eigenvalue weighted by molar-refractivity contribution is 7.92. The van der Waals surface area contributed by atoms with Gasteiger partial charge in [0.2, 0.25) is 0 Å². The molecule has 104 valence electrons. The monoisotopic (exact) mass is 285 g/mol. The van der Waals surface area contributed by atoms with Crippen LogP contribution in [0.15, 0.2) is 23.1 Å². The lowest BCUT2D eigenvalue weighted by atomic mass is 10.2. The van der Waals surface area contributed by atoms with E-state index in [0.29, 0.717) is 11.4 Å². The molecular formula is C12H15NO5S. The first kappa shape index (κ1) is 13.7. The molecule has 0 saturated carbocycles. The van der Waals surface area contributed by atoms with E-state index in [4.69, 9.17) is 9.84 Å². The standard InChI is InChI=1S/C12H15NO5S/c1-8-6-13(7-12(14)15)10-5-9(18-2)3-4-11(10)19(8,16)17/h3-5,8H,6-7H2,1-2H3,(H,14,15). The van der Waals surface area contributed by atoms with Crippen LogP contribution in [0, 0.1) is 0 Å². The lowest BCUT2D eigenvalue weighted by Gasteiger charge is -2.33. The number of sulfone groups is 1. The number of ether oxygens (including phenoxy) is 1. The topological polar surface area (TPSA) is 83.9 Å². The summed E-state index contributed by atoms with van der Waals surface area (Å²) in [6, 6.07) is 4.59. The number of hydrogen-bond acceptors (Lipinski definition) is 5. The molecule has 0 bridgehead atoms. The van der Waals surface area contributed by atoms with E-state index >= 15 is 0 Å². The van der Waals surface area contributed by atoms with E-state index in [1.54, 1.807) is 24.0 Å². The molecule has 1 N–H and O–H groups in total. The number of benzene rings is 1. The maximum Gasteiger partial charge on any atom is 0.323 e. The number of rotatable bonds is 3. The minimum Gasteiger partial charge on any atom is -0.497 e. The van der Waals surface area contributed by atoms with Crippen LogP contribution in [0.5, 0.6) is 5.75 Å². The number of carboxylic acids is 1. The first-order valence-electron chi connectivity index (χ1n) is 5.75. The van der Waals surface area contributed by atoms with Crippen molar-refractivity contribution in [3.8, 4) is 5.75 Å². The van der Waals surface area contributed by atoms with Crippen molar-refractivity contribution in [2.45, 2.75) is 17.1 Å². The highest BCUT2D eigenvalue weighted by Gasteiger charge is 2.35. The zero-order valence-corrected chi connectivity index (χ0v) is 11.5. The van der Waals surface area contributed by atoms with E-state index < -0.39 is 21.1 Å². The van der Waals surface area contributed by atoms with Crippen LogP contribution in [0.25, 0.3) is 0 Å². The lowest BCUT2D eigenvalue weighted by molar-refractivity contribution is -0.135. The van der Waals surface area contributed by atoms with Crippen molar-refractivity contribution in [3.63, 3.8) is 0 Å². The van der Waals surface area contributed by atoms with E-state index in [1.807, 2.05) is 0 Å². The van der Waals surface area contributed by atoms with Crippen LogP contribution in [0.4, 0.5) is 5.69 Å². The van der Waals surface area contributed by atoms with Gasteiger partial charge in [0.1, 0.15) is 12.3 Å². The van der Waals surface area contributed by atoms with Crippen LogP contribution < -0.4 is 9.64 Å². The first-order chi connectivity index (χ1) is 8.86. The zero-order valence-electron chi connectivity index (χ0n) is 10.7. The van der Waals surface area contributed by atoms with Crippen LogP contribution in [-0.4, -0.2) is 44.9 Å². The summed E-state index contributed by atoms with van der Waals surface area (Å²) < 4.78 is 29.5. The Bertz CT molecular complexity index is 611. The third kappa shape index (κ3) is 2.37. The molecule has 0 aliphatic carbocycles. The molecule has 0 aromatic heterocycles. The van der Waals surface area contributed by atoms with Crippen LogP contribution in [0.1, 0.15) is 6.92 Å². The number of aliphatic carboxylic acids is 1. The van der Waals surface area contributed by atoms with E-state index in [-0.39, 0.29) is 18.0 Å². The smallest absolute Gasteiger partial charge is 0.323 e. The Morgan fingerprint density at radius 1 is 1.53 bits per heavy atom. The van der Waals surface area contributed by atoms with Crippen LogP contribution in [-0.2, 0) is 14.6 Å². The van der Waals surface area contributed by atoms with E-state index in [9.17, 15) is 13.2 Å². The summed E-state index contributed by atoms with van der Waals surface area (Å²) in [4.78, 5) is 12.6. The van der Waals surface area contributed by atoms with Gasteiger partial charge in [0.25, 0.3) is 0 Å². The van der Waals surface area contributed by atoms with Crippen molar-refractivity contribution >= 4 is 21.5 Å². The van der Waals surface area contributed by atoms with Gasteiger partial charge < -0.3 is 14.7 Å². The molecule has 7 heteroatoms. The van der Waals surface area contributed by atoms with Crippen LogP contribution in [0.3, 0.4) is 0 Å². The number of nitrogens with zero attached hydrogens (tertiary/aromatic N) is 1. The normalized spacial score (nSPS) is 20.7. The molecule has 0 amide bonds. The van der Waals surface area contributed by atoms with Crippen molar-refractivity contribution in [1.82, 2.24) is 0 Å². The third-order valence-corrected chi connectivity index (χ3v) is 5.31. The molecule has 1 aliphatic heterocycles. The summed E-state index contributed by atoms with van der Waals surface area (Å²) in [5, 5.41) is 8.28. The molecule has 2 rings (SSSR count). The minimum atomic E-state index is -3.40. The number of carboxylic acid groups (broad SMARTS) is 1. The zero-order chi connectivity index (χ0) is 14.2. The van der Waals surface area contributed by atoms with Gasteiger partial charge in [-0.05, 0) is 19.1 Å². The van der Waals surface area contributed by atoms with Gasteiger partial charge in [-0.2, -0.15) is 0 Å². The van der Waals surface area contributed by atoms with E-state index in [2.05, 4.69) is 0 Å². The molecule has 0 fully saturated rings. The fourth-order valence-electron chi connectivity index (χ4n) is 2.15. The van der Waals surface area contributed by atoms with Gasteiger partial charge >= 0.3 is 5.97 Å². The van der Waals surface area contributed by atoms with Crippen LogP contribution in [0.2, 0.25) is 0 Å². The predicted molar refractivity (Wildman–Crippen MR) is 69.5 cm³/mol.